The summed E-state index contributed by atoms with van der Waals surface area (Å²) in [5.74, 6) is 0. The van der Waals surface area contributed by atoms with Gasteiger partial charge in [0.15, 0.2) is 0 Å². The van der Waals surface area contributed by atoms with Gasteiger partial charge in [-0.1, -0.05) is 36.5 Å². The van der Waals surface area contributed by atoms with Crippen LogP contribution in [-0.2, 0) is 0 Å². The zero-order valence-electron chi connectivity index (χ0n) is 6.93. The Morgan fingerprint density at radius 2 is 2.20 bits per heavy atom. The Morgan fingerprint density at radius 1 is 1.50 bits per heavy atom. The van der Waals surface area contributed by atoms with Crippen LogP contribution in [0.2, 0.25) is 0 Å². The number of rotatable bonds is 4. The molecule has 0 saturated heterocycles. The fraction of sp³-hybridized carbons (Fsp3) is 0.400. The Hall–Kier alpha value is -0.780. The molecule has 0 bridgehead atoms. The van der Waals surface area contributed by atoms with E-state index in [1.165, 1.54) is 5.57 Å². The van der Waals surface area contributed by atoms with Crippen LogP contribution in [0.5, 0.6) is 0 Å². The van der Waals surface area contributed by atoms with Gasteiger partial charge in [0, 0.05) is 0 Å². The van der Waals surface area contributed by atoms with Crippen LogP contribution < -0.4 is 0 Å². The molecular weight excluding hydrogens is 120 g/mol. The summed E-state index contributed by atoms with van der Waals surface area (Å²) in [4.78, 5) is 0. The van der Waals surface area contributed by atoms with Crippen LogP contribution in [0.25, 0.3) is 0 Å². The van der Waals surface area contributed by atoms with Gasteiger partial charge < -0.3 is 0 Å². The van der Waals surface area contributed by atoms with E-state index in [0.29, 0.717) is 0 Å². The molecule has 0 saturated carbocycles. The maximum atomic E-state index is 3.63. The third-order valence-corrected chi connectivity index (χ3v) is 1.34. The molecule has 0 aromatic heterocycles. The fourth-order valence-electron chi connectivity index (χ4n) is 0.762. The molecule has 0 heteroatoms. The highest BCUT2D eigenvalue weighted by atomic mass is 13.9. The number of hydrogen-bond donors (Lipinski definition) is 0. The normalized spacial score (nSPS) is 12.4. The van der Waals surface area contributed by atoms with Crippen molar-refractivity contribution in [3.8, 4) is 0 Å². The topological polar surface area (TPSA) is 0 Å². The molecule has 0 radical (unpaired) electrons. The zero-order chi connectivity index (χ0) is 7.82. The van der Waals surface area contributed by atoms with Crippen LogP contribution >= 0.6 is 0 Å². The third-order valence-electron chi connectivity index (χ3n) is 1.34. The lowest BCUT2D eigenvalue weighted by Crippen LogP contribution is -1.73. The predicted octanol–water partition coefficient (Wildman–Crippen LogP) is 3.48. The molecule has 0 heterocycles. The van der Waals surface area contributed by atoms with Crippen LogP contribution in [0.15, 0.2) is 36.5 Å². The first-order valence-electron chi connectivity index (χ1n) is 3.70. The standard InChI is InChI=1S/C10H16/c1-4-6-7-9-10(3)8-5-2/h4-6,8H,2,7,9H2,1,3H3/b6-4-,10-8-. The molecular formula is C10H16. The quantitative estimate of drug-likeness (QED) is 0.410. The lowest BCUT2D eigenvalue weighted by Gasteiger charge is -1.93. The van der Waals surface area contributed by atoms with Crippen LogP contribution in [0.1, 0.15) is 26.7 Å². The van der Waals surface area contributed by atoms with E-state index in [1.807, 2.05) is 13.0 Å². The van der Waals surface area contributed by atoms with Crippen molar-refractivity contribution in [1.29, 1.82) is 0 Å². The van der Waals surface area contributed by atoms with Gasteiger partial charge in [-0.3, -0.25) is 0 Å². The largest absolute Gasteiger partial charge is 0.0991 e. The van der Waals surface area contributed by atoms with Crippen molar-refractivity contribution >= 4 is 0 Å². The monoisotopic (exact) mass is 136 g/mol. The van der Waals surface area contributed by atoms with Gasteiger partial charge in [-0.15, -0.1) is 0 Å². The molecule has 0 unspecified atom stereocenters. The second-order valence-electron chi connectivity index (χ2n) is 2.36. The summed E-state index contributed by atoms with van der Waals surface area (Å²) in [6.07, 6.45) is 10.5. The van der Waals surface area contributed by atoms with E-state index in [1.54, 1.807) is 0 Å². The lowest BCUT2D eigenvalue weighted by molar-refractivity contribution is 0.976. The lowest BCUT2D eigenvalue weighted by atomic mass is 10.1. The summed E-state index contributed by atoms with van der Waals surface area (Å²) in [5, 5.41) is 0. The van der Waals surface area contributed by atoms with Gasteiger partial charge in [-0.2, -0.15) is 0 Å². The molecule has 0 aromatic rings. The van der Waals surface area contributed by atoms with E-state index in [4.69, 9.17) is 0 Å². The van der Waals surface area contributed by atoms with Crippen LogP contribution in [0.4, 0.5) is 0 Å². The highest BCUT2D eigenvalue weighted by molar-refractivity contribution is 5.08. The summed E-state index contributed by atoms with van der Waals surface area (Å²) in [7, 11) is 0. The Kier molecular flexibility index (Phi) is 5.85. The Bertz CT molecular complexity index is 138. The molecule has 0 rings (SSSR count). The van der Waals surface area contributed by atoms with Crippen molar-refractivity contribution in [2.75, 3.05) is 0 Å². The fourth-order valence-corrected chi connectivity index (χ4v) is 0.762. The average Bonchev–Trinajstić information content (AvgIpc) is 1.89. The Morgan fingerprint density at radius 3 is 2.70 bits per heavy atom. The van der Waals surface area contributed by atoms with Crippen molar-refractivity contribution in [2.24, 2.45) is 0 Å². The zero-order valence-corrected chi connectivity index (χ0v) is 6.93. The molecule has 0 aliphatic heterocycles. The third kappa shape index (κ3) is 5.36. The van der Waals surface area contributed by atoms with Crippen molar-refractivity contribution in [2.45, 2.75) is 26.7 Å². The summed E-state index contributed by atoms with van der Waals surface area (Å²) >= 11 is 0. The molecule has 0 aliphatic rings. The molecule has 0 aromatic carbocycles. The van der Waals surface area contributed by atoms with Crippen LogP contribution in [0.3, 0.4) is 0 Å². The summed E-state index contributed by atoms with van der Waals surface area (Å²) < 4.78 is 0. The van der Waals surface area contributed by atoms with Gasteiger partial charge in [0.05, 0.1) is 0 Å². The minimum atomic E-state index is 1.15. The van der Waals surface area contributed by atoms with Crippen LogP contribution in [-0.4, -0.2) is 0 Å². The minimum Gasteiger partial charge on any atom is -0.0991 e. The van der Waals surface area contributed by atoms with E-state index in [9.17, 15) is 0 Å². The molecule has 0 aliphatic carbocycles. The van der Waals surface area contributed by atoms with E-state index in [-0.39, 0.29) is 0 Å². The maximum Gasteiger partial charge on any atom is -0.0285 e. The molecule has 0 N–H and O–H groups in total. The molecule has 0 fully saturated rings. The van der Waals surface area contributed by atoms with E-state index >= 15 is 0 Å². The molecule has 0 nitrogen and oxygen atoms in total. The predicted molar refractivity (Wildman–Crippen MR) is 48.0 cm³/mol. The van der Waals surface area contributed by atoms with Crippen molar-refractivity contribution in [1.82, 2.24) is 0 Å². The Labute approximate surface area is 64.0 Å². The smallest absolute Gasteiger partial charge is 0.0285 e. The second-order valence-corrected chi connectivity index (χ2v) is 2.36. The second kappa shape index (κ2) is 6.34. The van der Waals surface area contributed by atoms with Crippen molar-refractivity contribution in [3.05, 3.63) is 36.5 Å². The van der Waals surface area contributed by atoms with Gasteiger partial charge in [0.1, 0.15) is 0 Å². The van der Waals surface area contributed by atoms with Gasteiger partial charge in [0.2, 0.25) is 0 Å². The average molecular weight is 136 g/mol. The molecule has 0 amide bonds. The van der Waals surface area contributed by atoms with Gasteiger partial charge in [-0.05, 0) is 26.7 Å². The summed E-state index contributed by atoms with van der Waals surface area (Å²) in [5.41, 5.74) is 1.40. The van der Waals surface area contributed by atoms with E-state index in [2.05, 4.69) is 31.7 Å². The number of allylic oxidation sites excluding steroid dienone is 5. The number of hydrogen-bond acceptors (Lipinski definition) is 0. The minimum absolute atomic E-state index is 1.15. The maximum absolute atomic E-state index is 3.63. The van der Waals surface area contributed by atoms with E-state index < -0.39 is 0 Å². The Balaban J connectivity index is 3.48. The highest BCUT2D eigenvalue weighted by Gasteiger charge is 1.83. The molecule has 10 heavy (non-hydrogen) atoms. The summed E-state index contributed by atoms with van der Waals surface area (Å²) in [6, 6.07) is 0. The first-order chi connectivity index (χ1) is 4.81. The SMILES string of the molecule is C=C/C=C(/C)CC/C=C\C. The molecule has 0 atom stereocenters. The van der Waals surface area contributed by atoms with Crippen LogP contribution in [0, 0.1) is 0 Å². The summed E-state index contributed by atoms with van der Waals surface area (Å²) in [6.45, 7) is 7.81. The highest BCUT2D eigenvalue weighted by Crippen LogP contribution is 2.03. The first-order valence-corrected chi connectivity index (χ1v) is 3.70. The van der Waals surface area contributed by atoms with E-state index in [0.717, 1.165) is 12.8 Å². The molecule has 56 valence electrons. The first kappa shape index (κ1) is 9.22. The molecule has 0 spiro atoms. The van der Waals surface area contributed by atoms with Crippen molar-refractivity contribution < 1.29 is 0 Å². The van der Waals surface area contributed by atoms with Gasteiger partial charge in [-0.25, -0.2) is 0 Å². The van der Waals surface area contributed by atoms with Gasteiger partial charge in [0.25, 0.3) is 0 Å². The van der Waals surface area contributed by atoms with Gasteiger partial charge >= 0.3 is 0 Å². The van der Waals surface area contributed by atoms with Crippen molar-refractivity contribution in [3.63, 3.8) is 0 Å².